The van der Waals surface area contributed by atoms with Gasteiger partial charge in [-0.3, -0.25) is 9.59 Å². The first-order chi connectivity index (χ1) is 13.9. The van der Waals surface area contributed by atoms with Crippen LogP contribution in [0, 0.1) is 5.92 Å². The van der Waals surface area contributed by atoms with Crippen molar-refractivity contribution < 1.29 is 14.3 Å². The summed E-state index contributed by atoms with van der Waals surface area (Å²) < 4.78 is 5.60. The van der Waals surface area contributed by atoms with E-state index in [1.54, 1.807) is 36.1 Å². The minimum absolute atomic E-state index is 0.156. The van der Waals surface area contributed by atoms with Gasteiger partial charge in [0, 0.05) is 18.1 Å². The van der Waals surface area contributed by atoms with Gasteiger partial charge in [0.05, 0.1) is 0 Å². The summed E-state index contributed by atoms with van der Waals surface area (Å²) in [7, 11) is 0. The molecule has 0 aromatic heterocycles. The molecular formula is C23H29ClN2O3. The SMILES string of the molecule is CC(C)CNC(=O)[C@@H](C)N(CCc1ccccc1)C(=O)COc1cccc(Cl)c1. The molecule has 0 heterocycles. The Morgan fingerprint density at radius 1 is 1.07 bits per heavy atom. The number of carbonyl (C=O) groups is 2. The first-order valence-corrected chi connectivity index (χ1v) is 10.2. The zero-order valence-electron chi connectivity index (χ0n) is 17.2. The number of nitrogens with one attached hydrogen (secondary N) is 1. The van der Waals surface area contributed by atoms with Gasteiger partial charge in [-0.05, 0) is 43.0 Å². The minimum Gasteiger partial charge on any atom is -0.484 e. The second-order valence-corrected chi connectivity index (χ2v) is 7.82. The fourth-order valence-corrected chi connectivity index (χ4v) is 2.99. The van der Waals surface area contributed by atoms with E-state index in [1.165, 1.54) is 0 Å². The fourth-order valence-electron chi connectivity index (χ4n) is 2.81. The number of halogens is 1. The molecule has 0 aliphatic heterocycles. The summed E-state index contributed by atoms with van der Waals surface area (Å²) in [6.07, 6.45) is 0.658. The average molecular weight is 417 g/mol. The van der Waals surface area contributed by atoms with Gasteiger partial charge in [0.2, 0.25) is 5.91 Å². The summed E-state index contributed by atoms with van der Waals surface area (Å²) in [5.41, 5.74) is 1.11. The maximum Gasteiger partial charge on any atom is 0.261 e. The molecule has 0 saturated heterocycles. The van der Waals surface area contributed by atoms with Gasteiger partial charge in [0.25, 0.3) is 5.91 Å². The summed E-state index contributed by atoms with van der Waals surface area (Å²) in [5, 5.41) is 3.44. The van der Waals surface area contributed by atoms with Crippen molar-refractivity contribution in [3.63, 3.8) is 0 Å². The van der Waals surface area contributed by atoms with Gasteiger partial charge in [-0.2, -0.15) is 0 Å². The molecule has 0 radical (unpaired) electrons. The van der Waals surface area contributed by atoms with E-state index in [1.807, 2.05) is 44.2 Å². The Bertz CT molecular complexity index is 796. The van der Waals surface area contributed by atoms with Crippen LogP contribution in [0.2, 0.25) is 5.02 Å². The Balaban J connectivity index is 2.05. The highest BCUT2D eigenvalue weighted by atomic mass is 35.5. The van der Waals surface area contributed by atoms with Crippen LogP contribution in [0.4, 0.5) is 0 Å². The zero-order valence-corrected chi connectivity index (χ0v) is 18.0. The van der Waals surface area contributed by atoms with E-state index in [9.17, 15) is 9.59 Å². The van der Waals surface area contributed by atoms with Crippen molar-refractivity contribution >= 4 is 23.4 Å². The lowest BCUT2D eigenvalue weighted by Crippen LogP contribution is -2.50. The van der Waals surface area contributed by atoms with Crippen LogP contribution in [0.5, 0.6) is 5.75 Å². The van der Waals surface area contributed by atoms with E-state index >= 15 is 0 Å². The predicted molar refractivity (Wildman–Crippen MR) is 116 cm³/mol. The van der Waals surface area contributed by atoms with Gasteiger partial charge in [-0.1, -0.05) is 61.8 Å². The van der Waals surface area contributed by atoms with E-state index in [2.05, 4.69) is 5.32 Å². The Labute approximate surface area is 178 Å². The molecule has 0 bridgehead atoms. The molecule has 6 heteroatoms. The van der Waals surface area contributed by atoms with Gasteiger partial charge in [-0.15, -0.1) is 0 Å². The van der Waals surface area contributed by atoms with Gasteiger partial charge >= 0.3 is 0 Å². The third-order valence-corrected chi connectivity index (χ3v) is 4.73. The molecule has 2 amide bonds. The Morgan fingerprint density at radius 2 is 1.79 bits per heavy atom. The van der Waals surface area contributed by atoms with E-state index < -0.39 is 6.04 Å². The molecule has 0 fully saturated rings. The summed E-state index contributed by atoms with van der Waals surface area (Å²) in [6.45, 7) is 6.65. The van der Waals surface area contributed by atoms with Crippen LogP contribution in [0.15, 0.2) is 54.6 Å². The van der Waals surface area contributed by atoms with Gasteiger partial charge < -0.3 is 15.0 Å². The third-order valence-electron chi connectivity index (χ3n) is 4.49. The number of hydrogen-bond donors (Lipinski definition) is 1. The van der Waals surface area contributed by atoms with Crippen LogP contribution < -0.4 is 10.1 Å². The van der Waals surface area contributed by atoms with Gasteiger partial charge in [0.1, 0.15) is 11.8 Å². The standard InChI is InChI=1S/C23H29ClN2O3/c1-17(2)15-25-23(28)18(3)26(13-12-19-8-5-4-6-9-19)22(27)16-29-21-11-7-10-20(24)14-21/h4-11,14,17-18H,12-13,15-16H2,1-3H3,(H,25,28)/t18-/m1/s1. The summed E-state index contributed by atoms with van der Waals surface area (Å²) >= 11 is 5.96. The highest BCUT2D eigenvalue weighted by molar-refractivity contribution is 6.30. The first kappa shape index (κ1) is 22.8. The summed E-state index contributed by atoms with van der Waals surface area (Å²) in [4.78, 5) is 27.0. The molecule has 0 saturated carbocycles. The molecule has 156 valence electrons. The number of amides is 2. The summed E-state index contributed by atoms with van der Waals surface area (Å²) in [5.74, 6) is 0.451. The second-order valence-electron chi connectivity index (χ2n) is 7.38. The number of rotatable bonds is 10. The lowest BCUT2D eigenvalue weighted by atomic mass is 10.1. The molecule has 5 nitrogen and oxygen atoms in total. The van der Waals surface area contributed by atoms with Crippen LogP contribution in [0.25, 0.3) is 0 Å². The number of nitrogens with zero attached hydrogens (tertiary/aromatic N) is 1. The zero-order chi connectivity index (χ0) is 21.2. The lowest BCUT2D eigenvalue weighted by Gasteiger charge is -2.29. The van der Waals surface area contributed by atoms with E-state index in [-0.39, 0.29) is 18.4 Å². The largest absolute Gasteiger partial charge is 0.484 e. The van der Waals surface area contributed by atoms with E-state index in [4.69, 9.17) is 16.3 Å². The van der Waals surface area contributed by atoms with Crippen LogP contribution in [0.3, 0.4) is 0 Å². The molecular weight excluding hydrogens is 388 g/mol. The molecule has 1 N–H and O–H groups in total. The van der Waals surface area contributed by atoms with Crippen LogP contribution >= 0.6 is 11.6 Å². The molecule has 2 aromatic carbocycles. The van der Waals surface area contributed by atoms with Crippen molar-refractivity contribution in [3.05, 3.63) is 65.2 Å². The number of benzene rings is 2. The maximum atomic E-state index is 12.9. The van der Waals surface area contributed by atoms with Gasteiger partial charge in [-0.25, -0.2) is 0 Å². The molecule has 1 atom stereocenters. The highest BCUT2D eigenvalue weighted by Gasteiger charge is 2.26. The monoisotopic (exact) mass is 416 g/mol. The smallest absolute Gasteiger partial charge is 0.261 e. The Hall–Kier alpha value is -2.53. The van der Waals surface area contributed by atoms with Crippen LogP contribution in [0.1, 0.15) is 26.3 Å². The van der Waals surface area contributed by atoms with Crippen LogP contribution in [-0.4, -0.2) is 42.5 Å². The molecule has 0 aliphatic rings. The van der Waals surface area contributed by atoms with E-state index in [0.29, 0.717) is 36.2 Å². The first-order valence-electron chi connectivity index (χ1n) is 9.86. The maximum absolute atomic E-state index is 12.9. The molecule has 2 aromatic rings. The summed E-state index contributed by atoms with van der Waals surface area (Å²) in [6, 6.07) is 16.2. The molecule has 2 rings (SSSR count). The topological polar surface area (TPSA) is 58.6 Å². The van der Waals surface area contributed by atoms with Crippen molar-refractivity contribution in [2.45, 2.75) is 33.2 Å². The molecule has 0 aliphatic carbocycles. The quantitative estimate of drug-likeness (QED) is 0.638. The predicted octanol–water partition coefficient (Wildman–Crippen LogP) is 3.95. The minimum atomic E-state index is -0.590. The Morgan fingerprint density at radius 3 is 2.45 bits per heavy atom. The molecule has 29 heavy (non-hydrogen) atoms. The van der Waals surface area contributed by atoms with Gasteiger partial charge in [0.15, 0.2) is 6.61 Å². The average Bonchev–Trinajstić information content (AvgIpc) is 2.71. The van der Waals surface area contributed by atoms with Crippen molar-refractivity contribution in [2.24, 2.45) is 5.92 Å². The molecule has 0 unspecified atom stereocenters. The van der Waals surface area contributed by atoms with Crippen molar-refractivity contribution in [2.75, 3.05) is 19.7 Å². The second kappa shape index (κ2) is 11.5. The fraction of sp³-hybridized carbons (Fsp3) is 0.391. The number of ether oxygens (including phenoxy) is 1. The normalized spacial score (nSPS) is 11.8. The highest BCUT2D eigenvalue weighted by Crippen LogP contribution is 2.17. The molecule has 0 spiro atoms. The van der Waals surface area contributed by atoms with Crippen molar-refractivity contribution in [1.29, 1.82) is 0 Å². The van der Waals surface area contributed by atoms with E-state index in [0.717, 1.165) is 5.56 Å². The third kappa shape index (κ3) is 7.78. The van der Waals surface area contributed by atoms with Crippen LogP contribution in [-0.2, 0) is 16.0 Å². The van der Waals surface area contributed by atoms with Crippen molar-refractivity contribution in [3.8, 4) is 5.75 Å². The van der Waals surface area contributed by atoms with Crippen molar-refractivity contribution in [1.82, 2.24) is 10.2 Å². The Kier molecular flexibility index (Phi) is 9.00. The lowest BCUT2D eigenvalue weighted by molar-refractivity contribution is -0.141. The number of hydrogen-bond acceptors (Lipinski definition) is 3. The number of carbonyl (C=O) groups excluding carboxylic acids is 2.